The fourth-order valence-electron chi connectivity index (χ4n) is 1.91. The minimum atomic E-state index is -0.846. The van der Waals surface area contributed by atoms with E-state index in [1.165, 1.54) is 11.8 Å². The van der Waals surface area contributed by atoms with Gasteiger partial charge in [-0.25, -0.2) is 4.98 Å². The van der Waals surface area contributed by atoms with E-state index in [4.69, 9.17) is 16.7 Å². The van der Waals surface area contributed by atoms with Crippen molar-refractivity contribution in [2.75, 3.05) is 5.75 Å². The molecule has 1 unspecified atom stereocenters. The Morgan fingerprint density at radius 3 is 2.70 bits per heavy atom. The first-order valence-electron chi connectivity index (χ1n) is 6.13. The lowest BCUT2D eigenvalue weighted by Gasteiger charge is -2.16. The van der Waals surface area contributed by atoms with Crippen LogP contribution in [0.3, 0.4) is 0 Å². The van der Waals surface area contributed by atoms with Crippen LogP contribution in [0.4, 0.5) is 0 Å². The van der Waals surface area contributed by atoms with Crippen molar-refractivity contribution in [2.24, 2.45) is 0 Å². The van der Waals surface area contributed by atoms with Gasteiger partial charge < -0.3 is 9.67 Å². The Morgan fingerprint density at radius 2 is 2.10 bits per heavy atom. The van der Waals surface area contributed by atoms with E-state index in [-0.39, 0.29) is 11.8 Å². The molecule has 20 heavy (non-hydrogen) atoms. The first kappa shape index (κ1) is 14.9. The summed E-state index contributed by atoms with van der Waals surface area (Å²) in [6.45, 7) is 3.95. The summed E-state index contributed by atoms with van der Waals surface area (Å²) < 4.78 is 1.99. The molecular weight excluding hydrogens is 296 g/mol. The van der Waals surface area contributed by atoms with Gasteiger partial charge in [0.2, 0.25) is 0 Å². The lowest BCUT2D eigenvalue weighted by Crippen LogP contribution is -2.08. The first-order valence-corrected chi connectivity index (χ1v) is 7.49. The molecule has 2 aromatic rings. The van der Waals surface area contributed by atoms with E-state index in [1.54, 1.807) is 0 Å². The molecule has 0 saturated carbocycles. The monoisotopic (exact) mass is 310 g/mol. The van der Waals surface area contributed by atoms with Crippen molar-refractivity contribution in [3.8, 4) is 0 Å². The molecule has 1 aromatic carbocycles. The number of nitrogens with zero attached hydrogens (tertiary/aromatic N) is 2. The van der Waals surface area contributed by atoms with E-state index >= 15 is 0 Å². The number of benzene rings is 1. The number of aryl methyl sites for hydroxylation is 1. The Kier molecular flexibility index (Phi) is 4.73. The van der Waals surface area contributed by atoms with E-state index in [1.807, 2.05) is 42.0 Å². The number of carboxylic acids is 1. The molecule has 0 aliphatic rings. The normalized spacial score (nSPS) is 12.3. The summed E-state index contributed by atoms with van der Waals surface area (Å²) >= 11 is 7.12. The van der Waals surface area contributed by atoms with Gasteiger partial charge in [0.15, 0.2) is 5.16 Å². The maximum Gasteiger partial charge on any atom is 0.313 e. The molecular formula is C14H15ClN2O2S. The molecule has 6 heteroatoms. The fraction of sp³-hybridized carbons (Fsp3) is 0.286. The maximum absolute atomic E-state index is 10.7. The molecule has 0 fully saturated rings. The minimum absolute atomic E-state index is 0.00376. The zero-order chi connectivity index (χ0) is 14.7. The van der Waals surface area contributed by atoms with Crippen LogP contribution in [0.25, 0.3) is 0 Å². The summed E-state index contributed by atoms with van der Waals surface area (Å²) in [6, 6.07) is 7.70. The summed E-state index contributed by atoms with van der Waals surface area (Å²) in [7, 11) is 0. The average Bonchev–Trinajstić information content (AvgIpc) is 2.77. The second-order valence-electron chi connectivity index (χ2n) is 4.48. The summed E-state index contributed by atoms with van der Waals surface area (Å²) in [5, 5.41) is 10.2. The number of hydrogen-bond acceptors (Lipinski definition) is 3. The Hall–Kier alpha value is -1.46. The highest BCUT2D eigenvalue weighted by molar-refractivity contribution is 7.99. The molecule has 0 aliphatic heterocycles. The van der Waals surface area contributed by atoms with Crippen LogP contribution >= 0.6 is 23.4 Å². The quantitative estimate of drug-likeness (QED) is 0.857. The van der Waals surface area contributed by atoms with E-state index < -0.39 is 5.97 Å². The minimum Gasteiger partial charge on any atom is -0.481 e. The van der Waals surface area contributed by atoms with Crippen LogP contribution in [0.5, 0.6) is 0 Å². The fourth-order valence-corrected chi connectivity index (χ4v) is 2.85. The van der Waals surface area contributed by atoms with E-state index in [0.29, 0.717) is 10.2 Å². The maximum atomic E-state index is 10.7. The van der Waals surface area contributed by atoms with Gasteiger partial charge in [0.1, 0.15) is 0 Å². The van der Waals surface area contributed by atoms with Crippen LogP contribution in [0.1, 0.15) is 24.2 Å². The van der Waals surface area contributed by atoms with Crippen molar-refractivity contribution in [3.63, 3.8) is 0 Å². The van der Waals surface area contributed by atoms with Crippen molar-refractivity contribution in [1.82, 2.24) is 9.55 Å². The molecule has 0 radical (unpaired) electrons. The molecule has 0 amide bonds. The number of thioether (sulfide) groups is 1. The van der Waals surface area contributed by atoms with E-state index in [9.17, 15) is 4.79 Å². The standard InChI is InChI=1S/C14H15ClN2O2S/c1-9-7-17(14(16-9)20-8-13(18)19)10(2)11-3-5-12(15)6-4-11/h3-7,10H,8H2,1-2H3,(H,18,19). The Morgan fingerprint density at radius 1 is 1.45 bits per heavy atom. The van der Waals surface area contributed by atoms with Crippen molar-refractivity contribution in [1.29, 1.82) is 0 Å². The topological polar surface area (TPSA) is 55.1 Å². The van der Waals surface area contributed by atoms with Gasteiger partial charge >= 0.3 is 5.97 Å². The van der Waals surface area contributed by atoms with Crippen molar-refractivity contribution in [2.45, 2.75) is 25.0 Å². The summed E-state index contributed by atoms with van der Waals surface area (Å²) in [5.41, 5.74) is 1.97. The smallest absolute Gasteiger partial charge is 0.313 e. The van der Waals surface area contributed by atoms with Crippen LogP contribution < -0.4 is 0 Å². The lowest BCUT2D eigenvalue weighted by molar-refractivity contribution is -0.133. The Balaban J connectivity index is 2.26. The van der Waals surface area contributed by atoms with Gasteiger partial charge in [0, 0.05) is 11.2 Å². The lowest BCUT2D eigenvalue weighted by atomic mass is 10.1. The molecule has 2 rings (SSSR count). The zero-order valence-corrected chi connectivity index (χ0v) is 12.8. The number of carbonyl (C=O) groups is 1. The van der Waals surface area contributed by atoms with Gasteiger partial charge in [-0.1, -0.05) is 35.5 Å². The summed E-state index contributed by atoms with van der Waals surface area (Å²) in [6.07, 6.45) is 1.93. The van der Waals surface area contributed by atoms with Crippen molar-refractivity contribution >= 4 is 29.3 Å². The van der Waals surface area contributed by atoms with E-state index in [0.717, 1.165) is 11.3 Å². The number of aliphatic carboxylic acids is 1. The van der Waals surface area contributed by atoms with Crippen LogP contribution in [0.15, 0.2) is 35.6 Å². The molecule has 4 nitrogen and oxygen atoms in total. The third kappa shape index (κ3) is 3.55. The number of hydrogen-bond donors (Lipinski definition) is 1. The van der Waals surface area contributed by atoms with Gasteiger partial charge in [-0.2, -0.15) is 0 Å². The molecule has 1 N–H and O–H groups in total. The molecule has 0 spiro atoms. The number of halogens is 1. The average molecular weight is 311 g/mol. The number of carboxylic acid groups (broad SMARTS) is 1. The van der Waals surface area contributed by atoms with Crippen LogP contribution in [0.2, 0.25) is 5.02 Å². The zero-order valence-electron chi connectivity index (χ0n) is 11.2. The highest BCUT2D eigenvalue weighted by Crippen LogP contribution is 2.26. The van der Waals surface area contributed by atoms with Crippen molar-refractivity contribution in [3.05, 3.63) is 46.7 Å². The third-order valence-electron chi connectivity index (χ3n) is 2.91. The molecule has 1 aromatic heterocycles. The Labute approximate surface area is 126 Å². The van der Waals surface area contributed by atoms with E-state index in [2.05, 4.69) is 11.9 Å². The number of rotatable bonds is 5. The van der Waals surface area contributed by atoms with Crippen molar-refractivity contribution < 1.29 is 9.90 Å². The summed E-state index contributed by atoms with van der Waals surface area (Å²) in [4.78, 5) is 15.1. The third-order valence-corrected chi connectivity index (χ3v) is 4.12. The van der Waals surface area contributed by atoms with Gasteiger partial charge in [-0.05, 0) is 31.5 Å². The second kappa shape index (κ2) is 6.33. The molecule has 0 saturated heterocycles. The van der Waals surface area contributed by atoms with Gasteiger partial charge in [0.05, 0.1) is 17.5 Å². The molecule has 0 bridgehead atoms. The SMILES string of the molecule is Cc1cn(C(C)c2ccc(Cl)cc2)c(SCC(=O)O)n1. The predicted octanol–water partition coefficient (Wildman–Crippen LogP) is 3.63. The molecule has 1 heterocycles. The largest absolute Gasteiger partial charge is 0.481 e. The predicted molar refractivity (Wildman–Crippen MR) is 80.6 cm³/mol. The number of aromatic nitrogens is 2. The van der Waals surface area contributed by atoms with Gasteiger partial charge in [-0.3, -0.25) is 4.79 Å². The second-order valence-corrected chi connectivity index (χ2v) is 5.86. The van der Waals surface area contributed by atoms with Gasteiger partial charge in [0.25, 0.3) is 0 Å². The van der Waals surface area contributed by atoms with Crippen LogP contribution in [-0.4, -0.2) is 26.4 Å². The molecule has 106 valence electrons. The molecule has 1 atom stereocenters. The van der Waals surface area contributed by atoms with Crippen LogP contribution in [0, 0.1) is 6.92 Å². The van der Waals surface area contributed by atoms with Crippen LogP contribution in [-0.2, 0) is 4.79 Å². The first-order chi connectivity index (χ1) is 9.47. The molecule has 0 aliphatic carbocycles. The van der Waals surface area contributed by atoms with Gasteiger partial charge in [-0.15, -0.1) is 0 Å². The highest BCUT2D eigenvalue weighted by Gasteiger charge is 2.15. The Bertz CT molecular complexity index is 610. The summed E-state index contributed by atoms with van der Waals surface area (Å²) in [5.74, 6) is -0.842. The number of imidazole rings is 1. The highest BCUT2D eigenvalue weighted by atomic mass is 35.5.